The van der Waals surface area contributed by atoms with Crippen LogP contribution >= 0.6 is 0 Å². The molecule has 0 aliphatic heterocycles. The second-order valence-corrected chi connectivity index (χ2v) is 2.13. The number of aliphatic imine (C=N–C) groups is 1. The molecule has 0 fully saturated rings. The molecule has 0 radical (unpaired) electrons. The fraction of sp³-hybridized carbons (Fsp3) is 0. The Bertz CT molecular complexity index is 317. The van der Waals surface area contributed by atoms with Gasteiger partial charge in [-0.25, -0.2) is 9.98 Å². The third-order valence-electron chi connectivity index (χ3n) is 1.34. The van der Waals surface area contributed by atoms with Gasteiger partial charge in [0.25, 0.3) is 0 Å². The lowest BCUT2D eigenvalue weighted by Gasteiger charge is -1.99. The van der Waals surface area contributed by atoms with Crippen LogP contribution in [-0.2, 0) is 0 Å². The average molecular weight is 162 g/mol. The smallest absolute Gasteiger partial charge is 0.163 e. The third-order valence-corrected chi connectivity index (χ3v) is 1.34. The van der Waals surface area contributed by atoms with Crippen molar-refractivity contribution in [1.82, 2.24) is 4.98 Å². The first-order chi connectivity index (χ1) is 5.77. The SMILES string of the molecule is C=Cc1ccc(N)nc1/N=C/N. The Morgan fingerprint density at radius 3 is 2.83 bits per heavy atom. The summed E-state index contributed by atoms with van der Waals surface area (Å²) in [7, 11) is 0. The Morgan fingerprint density at radius 1 is 1.50 bits per heavy atom. The number of hydrogen-bond acceptors (Lipinski definition) is 3. The summed E-state index contributed by atoms with van der Waals surface area (Å²) in [6.45, 7) is 3.61. The molecular formula is C8H10N4. The van der Waals surface area contributed by atoms with Gasteiger partial charge in [0.15, 0.2) is 5.82 Å². The number of nitrogens with two attached hydrogens (primary N) is 2. The van der Waals surface area contributed by atoms with Gasteiger partial charge in [-0.1, -0.05) is 12.7 Å². The highest BCUT2D eigenvalue weighted by Crippen LogP contribution is 2.17. The predicted molar refractivity (Wildman–Crippen MR) is 51.1 cm³/mol. The molecule has 12 heavy (non-hydrogen) atoms. The highest BCUT2D eigenvalue weighted by atomic mass is 15.0. The average Bonchev–Trinajstić information content (AvgIpc) is 2.05. The number of nitrogen functional groups attached to an aromatic ring is 1. The van der Waals surface area contributed by atoms with E-state index in [0.717, 1.165) is 5.56 Å². The normalized spacial score (nSPS) is 10.3. The van der Waals surface area contributed by atoms with Crippen molar-refractivity contribution in [2.24, 2.45) is 10.7 Å². The molecule has 1 aromatic rings. The molecule has 0 bridgehead atoms. The maximum absolute atomic E-state index is 5.45. The first-order valence-corrected chi connectivity index (χ1v) is 3.41. The third kappa shape index (κ3) is 1.60. The molecule has 4 nitrogen and oxygen atoms in total. The van der Waals surface area contributed by atoms with E-state index in [1.807, 2.05) is 0 Å². The molecule has 1 aromatic heterocycles. The summed E-state index contributed by atoms with van der Waals surface area (Å²) in [5, 5.41) is 0. The van der Waals surface area contributed by atoms with Gasteiger partial charge in [0.2, 0.25) is 0 Å². The van der Waals surface area contributed by atoms with Crippen molar-refractivity contribution in [3.05, 3.63) is 24.3 Å². The zero-order valence-corrected chi connectivity index (χ0v) is 6.57. The van der Waals surface area contributed by atoms with E-state index >= 15 is 0 Å². The van der Waals surface area contributed by atoms with Gasteiger partial charge in [0, 0.05) is 5.56 Å². The lowest BCUT2D eigenvalue weighted by Crippen LogP contribution is -1.93. The van der Waals surface area contributed by atoms with E-state index in [2.05, 4.69) is 16.6 Å². The summed E-state index contributed by atoms with van der Waals surface area (Å²) in [5.41, 5.74) is 11.4. The molecule has 1 rings (SSSR count). The number of pyridine rings is 1. The highest BCUT2D eigenvalue weighted by molar-refractivity contribution is 5.66. The minimum Gasteiger partial charge on any atom is -0.390 e. The van der Waals surface area contributed by atoms with Crippen LogP contribution in [0.4, 0.5) is 11.6 Å². The maximum atomic E-state index is 5.45. The lowest BCUT2D eigenvalue weighted by atomic mass is 10.2. The van der Waals surface area contributed by atoms with Gasteiger partial charge in [0.05, 0.1) is 6.34 Å². The molecule has 0 amide bonds. The quantitative estimate of drug-likeness (QED) is 0.501. The Balaban J connectivity index is 3.20. The van der Waals surface area contributed by atoms with Gasteiger partial charge in [-0.2, -0.15) is 0 Å². The summed E-state index contributed by atoms with van der Waals surface area (Å²) < 4.78 is 0. The maximum Gasteiger partial charge on any atom is 0.163 e. The zero-order chi connectivity index (χ0) is 8.97. The number of nitrogens with zero attached hydrogens (tertiary/aromatic N) is 2. The van der Waals surface area contributed by atoms with Gasteiger partial charge >= 0.3 is 0 Å². The standard InChI is InChI=1S/C8H10N4/c1-2-6-3-4-7(10)12-8(6)11-5-9/h2-5H,1H2,(H4,9,10,11,12). The summed E-state index contributed by atoms with van der Waals surface area (Å²) in [5.74, 6) is 0.911. The number of rotatable bonds is 2. The molecule has 0 aliphatic carbocycles. The van der Waals surface area contributed by atoms with Crippen LogP contribution < -0.4 is 11.5 Å². The van der Waals surface area contributed by atoms with Crippen LogP contribution in [0.3, 0.4) is 0 Å². The lowest BCUT2D eigenvalue weighted by molar-refractivity contribution is 1.27. The zero-order valence-electron chi connectivity index (χ0n) is 6.57. The van der Waals surface area contributed by atoms with Crippen molar-refractivity contribution < 1.29 is 0 Å². The highest BCUT2D eigenvalue weighted by Gasteiger charge is 1.97. The van der Waals surface area contributed by atoms with Gasteiger partial charge in [-0.15, -0.1) is 0 Å². The van der Waals surface area contributed by atoms with E-state index < -0.39 is 0 Å². The van der Waals surface area contributed by atoms with Crippen molar-refractivity contribution in [2.45, 2.75) is 0 Å². The predicted octanol–water partition coefficient (Wildman–Crippen LogP) is 0.925. The van der Waals surface area contributed by atoms with Crippen molar-refractivity contribution in [3.8, 4) is 0 Å². The molecule has 4 heteroatoms. The second-order valence-electron chi connectivity index (χ2n) is 2.13. The van der Waals surface area contributed by atoms with E-state index in [4.69, 9.17) is 11.5 Å². The minimum atomic E-state index is 0.418. The molecule has 0 aliphatic rings. The van der Waals surface area contributed by atoms with Crippen molar-refractivity contribution >= 4 is 24.1 Å². The summed E-state index contributed by atoms with van der Waals surface area (Å²) in [6, 6.07) is 3.48. The summed E-state index contributed by atoms with van der Waals surface area (Å²) >= 11 is 0. The van der Waals surface area contributed by atoms with Crippen LogP contribution in [-0.4, -0.2) is 11.3 Å². The van der Waals surface area contributed by atoms with Crippen LogP contribution in [0.15, 0.2) is 23.7 Å². The Hall–Kier alpha value is -1.84. The second kappa shape index (κ2) is 3.52. The largest absolute Gasteiger partial charge is 0.390 e. The molecule has 0 saturated heterocycles. The molecule has 0 unspecified atom stereocenters. The van der Waals surface area contributed by atoms with Crippen LogP contribution in [0, 0.1) is 0 Å². The molecular weight excluding hydrogens is 152 g/mol. The summed E-state index contributed by atoms with van der Waals surface area (Å²) in [6.07, 6.45) is 2.82. The van der Waals surface area contributed by atoms with Crippen LogP contribution in [0.25, 0.3) is 6.08 Å². The van der Waals surface area contributed by atoms with Crippen molar-refractivity contribution in [1.29, 1.82) is 0 Å². The summed E-state index contributed by atoms with van der Waals surface area (Å²) in [4.78, 5) is 7.79. The first-order valence-electron chi connectivity index (χ1n) is 3.41. The van der Waals surface area contributed by atoms with Crippen molar-refractivity contribution in [3.63, 3.8) is 0 Å². The minimum absolute atomic E-state index is 0.418. The van der Waals surface area contributed by atoms with Gasteiger partial charge in [0.1, 0.15) is 5.82 Å². The fourth-order valence-electron chi connectivity index (χ4n) is 0.807. The molecule has 0 saturated carbocycles. The van der Waals surface area contributed by atoms with Crippen LogP contribution in [0.1, 0.15) is 5.56 Å². The molecule has 0 aromatic carbocycles. The molecule has 62 valence electrons. The van der Waals surface area contributed by atoms with E-state index in [9.17, 15) is 0 Å². The van der Waals surface area contributed by atoms with Gasteiger partial charge < -0.3 is 11.5 Å². The van der Waals surface area contributed by atoms with Crippen molar-refractivity contribution in [2.75, 3.05) is 5.73 Å². The number of aromatic nitrogens is 1. The van der Waals surface area contributed by atoms with E-state index in [-0.39, 0.29) is 0 Å². The van der Waals surface area contributed by atoms with E-state index in [0.29, 0.717) is 11.6 Å². The molecule has 4 N–H and O–H groups in total. The monoisotopic (exact) mass is 162 g/mol. The van der Waals surface area contributed by atoms with E-state index in [1.54, 1.807) is 18.2 Å². The Morgan fingerprint density at radius 2 is 2.25 bits per heavy atom. The Kier molecular flexibility index (Phi) is 2.42. The fourth-order valence-corrected chi connectivity index (χ4v) is 0.807. The number of hydrogen-bond donors (Lipinski definition) is 2. The van der Waals surface area contributed by atoms with Gasteiger partial charge in [-0.3, -0.25) is 0 Å². The van der Waals surface area contributed by atoms with E-state index in [1.165, 1.54) is 6.34 Å². The molecule has 1 heterocycles. The Labute approximate surface area is 70.6 Å². The van der Waals surface area contributed by atoms with Gasteiger partial charge in [-0.05, 0) is 12.1 Å². The topological polar surface area (TPSA) is 77.3 Å². The first kappa shape index (κ1) is 8.26. The number of anilines is 1. The molecule has 0 spiro atoms. The molecule has 0 atom stereocenters. The van der Waals surface area contributed by atoms with Crippen LogP contribution in [0.5, 0.6) is 0 Å². The van der Waals surface area contributed by atoms with Crippen LogP contribution in [0.2, 0.25) is 0 Å².